The summed E-state index contributed by atoms with van der Waals surface area (Å²) in [5.74, 6) is -4.90. The molecule has 0 radical (unpaired) electrons. The van der Waals surface area contributed by atoms with Crippen LogP contribution in [0.5, 0.6) is 0 Å². The molecule has 1 unspecified atom stereocenters. The van der Waals surface area contributed by atoms with Gasteiger partial charge < -0.3 is 20.8 Å². The van der Waals surface area contributed by atoms with Crippen molar-refractivity contribution in [2.45, 2.75) is 31.5 Å². The Hall–Kier alpha value is -3.25. The van der Waals surface area contributed by atoms with E-state index in [0.29, 0.717) is 10.4 Å². The molecule has 0 aliphatic carbocycles. The largest absolute Gasteiger partial charge is 0.490 e. The summed E-state index contributed by atoms with van der Waals surface area (Å²) in [7, 11) is 0. The molecule has 8 nitrogen and oxygen atoms in total. The van der Waals surface area contributed by atoms with E-state index in [1.165, 1.54) is 23.1 Å². The van der Waals surface area contributed by atoms with Crippen LogP contribution in [0.1, 0.15) is 32.6 Å². The third kappa shape index (κ3) is 6.39. The lowest BCUT2D eigenvalue weighted by molar-refractivity contribution is -0.192. The Labute approximate surface area is 190 Å². The molecule has 1 aliphatic rings. The summed E-state index contributed by atoms with van der Waals surface area (Å²) >= 11 is 1.43. The molecular weight excluding hydrogens is 465 g/mol. The normalized spacial score (nSPS) is 14.7. The van der Waals surface area contributed by atoms with Gasteiger partial charge in [0.2, 0.25) is 0 Å². The minimum Gasteiger partial charge on any atom is -0.480 e. The van der Waals surface area contributed by atoms with Crippen LogP contribution in [-0.4, -0.2) is 53.1 Å². The molecule has 1 aromatic carbocycles. The standard InChI is InChI=1S/C19H20N2O4S.C2HF3O2/c1-19(18(24)25,13-5-3-2-4-6-13)16(22)11-21-17(23)15-9-12-10-20-8-7-14(12)26-15;3-2(4,5)1(6)7/h2-6,9,20H,7-8,10-11H2,1H3,(H,21,23)(H,24,25);(H,6,7). The molecule has 0 fully saturated rings. The second-order valence-electron chi connectivity index (χ2n) is 7.19. The Bertz CT molecular complexity index is 1010. The highest BCUT2D eigenvalue weighted by Gasteiger charge is 2.42. The summed E-state index contributed by atoms with van der Waals surface area (Å²) in [6, 6.07) is 10.2. The van der Waals surface area contributed by atoms with E-state index in [0.717, 1.165) is 25.1 Å². The highest BCUT2D eigenvalue weighted by molar-refractivity contribution is 7.14. The van der Waals surface area contributed by atoms with Gasteiger partial charge in [-0.15, -0.1) is 11.3 Å². The number of benzene rings is 1. The van der Waals surface area contributed by atoms with Gasteiger partial charge in [-0.1, -0.05) is 30.3 Å². The van der Waals surface area contributed by atoms with Crippen molar-refractivity contribution >= 4 is 35.0 Å². The predicted molar refractivity (Wildman–Crippen MR) is 112 cm³/mol. The number of nitrogens with one attached hydrogen (secondary N) is 2. The first kappa shape index (κ1) is 26.0. The van der Waals surface area contributed by atoms with E-state index in [2.05, 4.69) is 10.6 Å². The molecule has 1 atom stereocenters. The Morgan fingerprint density at radius 1 is 1.09 bits per heavy atom. The third-order valence-corrected chi connectivity index (χ3v) is 6.19. The molecule has 3 rings (SSSR count). The van der Waals surface area contributed by atoms with E-state index in [4.69, 9.17) is 9.90 Å². The maximum absolute atomic E-state index is 12.6. The number of Topliss-reactive ketones (excluding diaryl/α,β-unsaturated/α-hetero) is 1. The van der Waals surface area contributed by atoms with Crippen molar-refractivity contribution in [3.8, 4) is 0 Å². The number of ketones is 1. The SMILES string of the molecule is CC(C(=O)O)(C(=O)CNC(=O)c1cc2c(s1)CCNC2)c1ccccc1.O=C(O)C(F)(F)F. The number of alkyl halides is 3. The van der Waals surface area contributed by atoms with Crippen LogP contribution in [0.15, 0.2) is 36.4 Å². The maximum Gasteiger partial charge on any atom is 0.490 e. The smallest absolute Gasteiger partial charge is 0.480 e. The molecule has 0 saturated heterocycles. The van der Waals surface area contributed by atoms with Gasteiger partial charge in [0.25, 0.3) is 5.91 Å². The van der Waals surface area contributed by atoms with Crippen LogP contribution in [0.4, 0.5) is 13.2 Å². The van der Waals surface area contributed by atoms with Gasteiger partial charge in [0, 0.05) is 18.0 Å². The average molecular weight is 486 g/mol. The fourth-order valence-corrected chi connectivity index (χ4v) is 4.06. The van der Waals surface area contributed by atoms with Gasteiger partial charge in [-0.2, -0.15) is 13.2 Å². The third-order valence-electron chi connectivity index (χ3n) is 4.95. The van der Waals surface area contributed by atoms with Crippen LogP contribution in [0.2, 0.25) is 0 Å². The summed E-state index contributed by atoms with van der Waals surface area (Å²) in [5, 5.41) is 22.6. The first-order valence-electron chi connectivity index (χ1n) is 9.60. The van der Waals surface area contributed by atoms with Gasteiger partial charge >= 0.3 is 18.1 Å². The number of hydrogen-bond acceptors (Lipinski definition) is 6. The highest BCUT2D eigenvalue weighted by Crippen LogP contribution is 2.27. The number of carbonyl (C=O) groups excluding carboxylic acids is 2. The van der Waals surface area contributed by atoms with E-state index in [1.54, 1.807) is 30.3 Å². The first-order chi connectivity index (χ1) is 15.4. The van der Waals surface area contributed by atoms with Crippen molar-refractivity contribution in [3.05, 3.63) is 57.3 Å². The topological polar surface area (TPSA) is 133 Å². The van der Waals surface area contributed by atoms with Crippen LogP contribution in [0.3, 0.4) is 0 Å². The fraction of sp³-hybridized carbons (Fsp3) is 0.333. The summed E-state index contributed by atoms with van der Waals surface area (Å²) in [6.07, 6.45) is -4.20. The minimum absolute atomic E-state index is 0.336. The lowest BCUT2D eigenvalue weighted by atomic mass is 9.78. The molecule has 0 spiro atoms. The van der Waals surface area contributed by atoms with Gasteiger partial charge in [-0.3, -0.25) is 14.4 Å². The Kier molecular flexibility index (Phi) is 8.34. The lowest BCUT2D eigenvalue weighted by Crippen LogP contribution is -2.46. The molecule has 0 saturated carbocycles. The Morgan fingerprint density at radius 2 is 1.70 bits per heavy atom. The maximum atomic E-state index is 12.6. The fourth-order valence-electron chi connectivity index (χ4n) is 2.96. The second kappa shape index (κ2) is 10.6. The molecule has 2 aromatic rings. The van der Waals surface area contributed by atoms with E-state index in [9.17, 15) is 32.7 Å². The van der Waals surface area contributed by atoms with Gasteiger partial charge in [-0.05, 0) is 30.5 Å². The van der Waals surface area contributed by atoms with Crippen LogP contribution in [0, 0.1) is 0 Å². The quantitative estimate of drug-likeness (QED) is 0.461. The molecule has 0 bridgehead atoms. The molecule has 1 aromatic heterocycles. The van der Waals surface area contributed by atoms with Crippen LogP contribution in [0.25, 0.3) is 0 Å². The summed E-state index contributed by atoms with van der Waals surface area (Å²) in [4.78, 5) is 47.4. The first-order valence-corrected chi connectivity index (χ1v) is 10.4. The number of amides is 1. The van der Waals surface area contributed by atoms with E-state index >= 15 is 0 Å². The van der Waals surface area contributed by atoms with Crippen LogP contribution < -0.4 is 10.6 Å². The van der Waals surface area contributed by atoms with Crippen molar-refractivity contribution in [2.24, 2.45) is 0 Å². The average Bonchev–Trinajstić information content (AvgIpc) is 3.21. The number of carboxylic acids is 2. The van der Waals surface area contributed by atoms with Gasteiger partial charge in [0.1, 0.15) is 5.41 Å². The highest BCUT2D eigenvalue weighted by atomic mass is 32.1. The van der Waals surface area contributed by atoms with Crippen molar-refractivity contribution < 1.29 is 42.6 Å². The van der Waals surface area contributed by atoms with Crippen molar-refractivity contribution in [2.75, 3.05) is 13.1 Å². The number of carboxylic acid groups (broad SMARTS) is 2. The molecular formula is C21H21F3N2O6S. The Balaban J connectivity index is 0.000000479. The molecule has 1 aliphatic heterocycles. The minimum atomic E-state index is -5.08. The lowest BCUT2D eigenvalue weighted by Gasteiger charge is -2.24. The Morgan fingerprint density at radius 3 is 2.21 bits per heavy atom. The van der Waals surface area contributed by atoms with Gasteiger partial charge in [0.15, 0.2) is 5.78 Å². The number of hydrogen-bond donors (Lipinski definition) is 4. The molecule has 178 valence electrons. The van der Waals surface area contributed by atoms with E-state index in [-0.39, 0.29) is 12.5 Å². The number of aliphatic carboxylic acids is 2. The van der Waals surface area contributed by atoms with Crippen molar-refractivity contribution in [1.82, 2.24) is 10.6 Å². The zero-order chi connectivity index (χ0) is 24.8. The van der Waals surface area contributed by atoms with E-state index < -0.39 is 29.3 Å². The van der Waals surface area contributed by atoms with Crippen molar-refractivity contribution in [1.29, 1.82) is 0 Å². The van der Waals surface area contributed by atoms with Crippen LogP contribution in [-0.2, 0) is 32.8 Å². The van der Waals surface area contributed by atoms with Crippen LogP contribution >= 0.6 is 11.3 Å². The number of rotatable bonds is 6. The zero-order valence-electron chi connectivity index (χ0n) is 17.4. The monoisotopic (exact) mass is 486 g/mol. The molecule has 12 heteroatoms. The van der Waals surface area contributed by atoms with Gasteiger partial charge in [-0.25, -0.2) is 4.79 Å². The summed E-state index contributed by atoms with van der Waals surface area (Å²) in [6.45, 7) is 2.66. The van der Waals surface area contributed by atoms with Gasteiger partial charge in [0.05, 0.1) is 11.4 Å². The van der Waals surface area contributed by atoms with Crippen molar-refractivity contribution in [3.63, 3.8) is 0 Å². The summed E-state index contributed by atoms with van der Waals surface area (Å²) < 4.78 is 31.7. The molecule has 4 N–H and O–H groups in total. The molecule has 1 amide bonds. The predicted octanol–water partition coefficient (Wildman–Crippen LogP) is 2.37. The number of carbonyl (C=O) groups is 4. The zero-order valence-corrected chi connectivity index (χ0v) is 18.2. The molecule has 2 heterocycles. The number of thiophene rings is 1. The molecule has 33 heavy (non-hydrogen) atoms. The summed E-state index contributed by atoms with van der Waals surface area (Å²) in [5.41, 5.74) is -0.200. The van der Waals surface area contributed by atoms with E-state index in [1.807, 2.05) is 6.07 Å². The number of fused-ring (bicyclic) bond motifs is 1. The second-order valence-corrected chi connectivity index (χ2v) is 8.33. The number of halogens is 3.